The number of furan rings is 1. The highest BCUT2D eigenvalue weighted by molar-refractivity contribution is 6.00. The number of nitrogens with zero attached hydrogens (tertiary/aromatic N) is 2. The van der Waals surface area contributed by atoms with E-state index in [1.54, 1.807) is 31.2 Å². The molecule has 0 saturated heterocycles. The average Bonchev–Trinajstić information content (AvgIpc) is 3.17. The number of rotatable bonds is 4. The van der Waals surface area contributed by atoms with Crippen molar-refractivity contribution in [1.29, 1.82) is 0 Å². The van der Waals surface area contributed by atoms with E-state index in [9.17, 15) is 4.79 Å². The minimum atomic E-state index is -0.144. The van der Waals surface area contributed by atoms with Crippen LogP contribution in [0.5, 0.6) is 0 Å². The number of carbonyl (C=O) groups is 1. The molecule has 0 fully saturated rings. The van der Waals surface area contributed by atoms with Crippen LogP contribution in [-0.4, -0.2) is 23.0 Å². The quantitative estimate of drug-likeness (QED) is 0.739. The first-order valence-electron chi connectivity index (χ1n) is 6.96. The largest absolute Gasteiger partial charge is 0.467 e. The predicted octanol–water partition coefficient (Wildman–Crippen LogP) is 3.52. The van der Waals surface area contributed by atoms with Crippen molar-refractivity contribution in [2.75, 3.05) is 7.05 Å². The van der Waals surface area contributed by atoms with Crippen molar-refractivity contribution in [3.05, 3.63) is 65.8 Å². The van der Waals surface area contributed by atoms with E-state index in [0.29, 0.717) is 23.6 Å². The van der Waals surface area contributed by atoms with E-state index in [1.165, 1.54) is 0 Å². The number of aromatic nitrogens is 1. The molecule has 2 heterocycles. The smallest absolute Gasteiger partial charge is 0.259 e. The SMILES string of the molecule is Cc1onc(-c2ccccc2)c1C(=O)N(C)Cc1ccco1. The molecule has 112 valence electrons. The Balaban J connectivity index is 1.91. The van der Waals surface area contributed by atoms with Crippen LogP contribution in [0.25, 0.3) is 11.3 Å². The van der Waals surface area contributed by atoms with Crippen molar-refractivity contribution in [3.63, 3.8) is 0 Å². The predicted molar refractivity (Wildman–Crippen MR) is 81.2 cm³/mol. The highest BCUT2D eigenvalue weighted by Crippen LogP contribution is 2.26. The summed E-state index contributed by atoms with van der Waals surface area (Å²) in [7, 11) is 1.73. The molecule has 0 aliphatic rings. The lowest BCUT2D eigenvalue weighted by molar-refractivity contribution is 0.0774. The molecule has 0 spiro atoms. The van der Waals surface area contributed by atoms with Gasteiger partial charge in [-0.2, -0.15) is 0 Å². The van der Waals surface area contributed by atoms with Crippen molar-refractivity contribution < 1.29 is 13.7 Å². The number of amides is 1. The van der Waals surface area contributed by atoms with E-state index in [4.69, 9.17) is 8.94 Å². The summed E-state index contributed by atoms with van der Waals surface area (Å²) in [5, 5.41) is 4.04. The molecular formula is C17H16N2O3. The van der Waals surface area contributed by atoms with Crippen molar-refractivity contribution in [2.45, 2.75) is 13.5 Å². The molecule has 3 rings (SSSR count). The number of carbonyl (C=O) groups excluding carboxylic acids is 1. The molecule has 1 amide bonds. The Morgan fingerprint density at radius 1 is 1.18 bits per heavy atom. The van der Waals surface area contributed by atoms with Crippen LogP contribution in [0.3, 0.4) is 0 Å². The van der Waals surface area contributed by atoms with Gasteiger partial charge >= 0.3 is 0 Å². The third-order valence-corrected chi connectivity index (χ3v) is 3.44. The Morgan fingerprint density at radius 2 is 1.95 bits per heavy atom. The fraction of sp³-hybridized carbons (Fsp3) is 0.176. The number of aryl methyl sites for hydroxylation is 1. The van der Waals surface area contributed by atoms with Crippen LogP contribution in [0.2, 0.25) is 0 Å². The van der Waals surface area contributed by atoms with Gasteiger partial charge in [0.15, 0.2) is 0 Å². The van der Waals surface area contributed by atoms with Gasteiger partial charge in [0.2, 0.25) is 0 Å². The fourth-order valence-corrected chi connectivity index (χ4v) is 2.32. The molecular weight excluding hydrogens is 280 g/mol. The molecule has 0 aliphatic heterocycles. The number of hydrogen-bond donors (Lipinski definition) is 0. The molecule has 0 aliphatic carbocycles. The lowest BCUT2D eigenvalue weighted by atomic mass is 10.1. The normalized spacial score (nSPS) is 10.6. The van der Waals surface area contributed by atoms with Crippen molar-refractivity contribution in [1.82, 2.24) is 10.1 Å². The lowest BCUT2D eigenvalue weighted by Gasteiger charge is -2.15. The van der Waals surface area contributed by atoms with E-state index in [2.05, 4.69) is 5.16 Å². The zero-order chi connectivity index (χ0) is 15.5. The third-order valence-electron chi connectivity index (χ3n) is 3.44. The second kappa shape index (κ2) is 5.89. The molecule has 3 aromatic rings. The van der Waals surface area contributed by atoms with Gasteiger partial charge < -0.3 is 13.8 Å². The first-order chi connectivity index (χ1) is 10.7. The summed E-state index contributed by atoms with van der Waals surface area (Å²) in [4.78, 5) is 14.3. The summed E-state index contributed by atoms with van der Waals surface area (Å²) in [6.07, 6.45) is 1.59. The molecule has 1 aromatic carbocycles. The van der Waals surface area contributed by atoms with Gasteiger partial charge in [-0.1, -0.05) is 35.5 Å². The summed E-state index contributed by atoms with van der Waals surface area (Å²) in [5.74, 6) is 1.09. The summed E-state index contributed by atoms with van der Waals surface area (Å²) in [5.41, 5.74) is 1.91. The third kappa shape index (κ3) is 2.65. The van der Waals surface area contributed by atoms with Gasteiger partial charge in [0.25, 0.3) is 5.91 Å². The van der Waals surface area contributed by atoms with Crippen LogP contribution in [-0.2, 0) is 6.54 Å². The highest BCUT2D eigenvalue weighted by Gasteiger charge is 2.24. The van der Waals surface area contributed by atoms with Crippen LogP contribution in [0.1, 0.15) is 21.9 Å². The van der Waals surface area contributed by atoms with Gasteiger partial charge in [0.05, 0.1) is 12.8 Å². The van der Waals surface area contributed by atoms with Crippen LogP contribution < -0.4 is 0 Å². The maximum Gasteiger partial charge on any atom is 0.259 e. The van der Waals surface area contributed by atoms with Crippen LogP contribution in [0.15, 0.2) is 57.7 Å². The van der Waals surface area contributed by atoms with Gasteiger partial charge in [0, 0.05) is 12.6 Å². The Labute approximate surface area is 128 Å². The minimum Gasteiger partial charge on any atom is -0.467 e. The molecule has 2 aromatic heterocycles. The number of hydrogen-bond acceptors (Lipinski definition) is 4. The summed E-state index contributed by atoms with van der Waals surface area (Å²) < 4.78 is 10.5. The van der Waals surface area contributed by atoms with Crippen molar-refractivity contribution >= 4 is 5.91 Å². The zero-order valence-electron chi connectivity index (χ0n) is 12.4. The van der Waals surface area contributed by atoms with Crippen LogP contribution in [0.4, 0.5) is 0 Å². The first kappa shape index (κ1) is 14.1. The lowest BCUT2D eigenvalue weighted by Crippen LogP contribution is -2.26. The van der Waals surface area contributed by atoms with Gasteiger partial charge in [-0.25, -0.2) is 0 Å². The summed E-state index contributed by atoms with van der Waals surface area (Å²) in [6, 6.07) is 13.2. The van der Waals surface area contributed by atoms with Gasteiger partial charge in [0.1, 0.15) is 22.8 Å². The molecule has 0 N–H and O–H groups in total. The van der Waals surface area contributed by atoms with E-state index in [-0.39, 0.29) is 5.91 Å². The molecule has 0 saturated carbocycles. The van der Waals surface area contributed by atoms with E-state index < -0.39 is 0 Å². The standard InChI is InChI=1S/C17H16N2O3/c1-12-15(16(18-22-12)13-7-4-3-5-8-13)17(20)19(2)11-14-9-6-10-21-14/h3-10H,11H2,1-2H3. The molecule has 0 bridgehead atoms. The van der Waals surface area contributed by atoms with Crippen LogP contribution >= 0.6 is 0 Å². The van der Waals surface area contributed by atoms with Gasteiger partial charge in [-0.15, -0.1) is 0 Å². The van der Waals surface area contributed by atoms with E-state index in [0.717, 1.165) is 11.3 Å². The Kier molecular flexibility index (Phi) is 3.78. The van der Waals surface area contributed by atoms with E-state index >= 15 is 0 Å². The van der Waals surface area contributed by atoms with E-state index in [1.807, 2.05) is 36.4 Å². The molecule has 22 heavy (non-hydrogen) atoms. The average molecular weight is 296 g/mol. The molecule has 0 radical (unpaired) electrons. The molecule has 0 atom stereocenters. The minimum absolute atomic E-state index is 0.144. The maximum absolute atomic E-state index is 12.7. The van der Waals surface area contributed by atoms with Crippen LogP contribution in [0, 0.1) is 6.92 Å². The monoisotopic (exact) mass is 296 g/mol. The molecule has 5 heteroatoms. The molecule has 5 nitrogen and oxygen atoms in total. The second-order valence-corrected chi connectivity index (χ2v) is 5.07. The zero-order valence-corrected chi connectivity index (χ0v) is 12.4. The Bertz CT molecular complexity index is 761. The Hall–Kier alpha value is -2.82. The van der Waals surface area contributed by atoms with Gasteiger partial charge in [-0.3, -0.25) is 4.79 Å². The van der Waals surface area contributed by atoms with Crippen molar-refractivity contribution in [2.24, 2.45) is 0 Å². The van der Waals surface area contributed by atoms with Crippen molar-refractivity contribution in [3.8, 4) is 11.3 Å². The first-order valence-corrected chi connectivity index (χ1v) is 6.96. The van der Waals surface area contributed by atoms with Gasteiger partial charge in [-0.05, 0) is 19.1 Å². The number of benzene rings is 1. The Morgan fingerprint density at radius 3 is 2.64 bits per heavy atom. The second-order valence-electron chi connectivity index (χ2n) is 5.07. The highest BCUT2D eigenvalue weighted by atomic mass is 16.5. The topological polar surface area (TPSA) is 59.5 Å². The fourth-order valence-electron chi connectivity index (χ4n) is 2.32. The maximum atomic E-state index is 12.7. The summed E-state index contributed by atoms with van der Waals surface area (Å²) >= 11 is 0. The molecule has 0 unspecified atom stereocenters. The summed E-state index contributed by atoms with van der Waals surface area (Å²) in [6.45, 7) is 2.14.